The average Bonchev–Trinajstić information content (AvgIpc) is 3.27. The number of aromatic amines is 1. The summed E-state index contributed by atoms with van der Waals surface area (Å²) >= 11 is 2.27. The van der Waals surface area contributed by atoms with Gasteiger partial charge in [0.2, 0.25) is 0 Å². The van der Waals surface area contributed by atoms with Gasteiger partial charge in [-0.2, -0.15) is 0 Å². The monoisotopic (exact) mass is 457 g/mol. The molecule has 0 bridgehead atoms. The van der Waals surface area contributed by atoms with Crippen LogP contribution in [0.3, 0.4) is 0 Å². The van der Waals surface area contributed by atoms with Gasteiger partial charge in [0.05, 0.1) is 17.1 Å². The number of fused-ring (bicyclic) bond motifs is 1. The number of carboxylic acid groups (broad SMARTS) is 1. The number of H-pyrrole nitrogens is 1. The molecule has 2 heterocycles. The molecule has 0 aliphatic carbocycles. The quantitative estimate of drug-likeness (QED) is 0.421. The summed E-state index contributed by atoms with van der Waals surface area (Å²) in [7, 11) is 0. The van der Waals surface area contributed by atoms with Crippen LogP contribution in [0.1, 0.15) is 35.8 Å². The number of likely N-dealkylation sites (tertiary alicyclic amines) is 1. The van der Waals surface area contributed by atoms with E-state index in [4.69, 9.17) is 0 Å². The number of nitrogens with one attached hydrogen (secondary N) is 1. The molecule has 2 aromatic carbocycles. The highest BCUT2D eigenvalue weighted by Gasteiger charge is 2.31. The third-order valence-electron chi connectivity index (χ3n) is 4.51. The van der Waals surface area contributed by atoms with Gasteiger partial charge in [-0.25, -0.2) is 9.78 Å². The van der Waals surface area contributed by atoms with Crippen LogP contribution in [0, 0.1) is 15.4 Å². The smallest absolute Gasteiger partial charge is 0.407 e. The van der Waals surface area contributed by atoms with Crippen molar-refractivity contribution in [3.8, 4) is 11.8 Å². The van der Waals surface area contributed by atoms with Crippen molar-refractivity contribution in [1.29, 1.82) is 0 Å². The van der Waals surface area contributed by atoms with Crippen molar-refractivity contribution < 1.29 is 9.90 Å². The number of rotatable bonds is 1. The molecular formula is C20H16IN3O2. The SMILES string of the molecule is O=C(O)N1CCCC1c1nc2ccc(C#Cc3ccc(I)cc3)cc2[nH]1. The average molecular weight is 457 g/mol. The number of hydrogen-bond acceptors (Lipinski definition) is 2. The van der Waals surface area contributed by atoms with Crippen molar-refractivity contribution in [1.82, 2.24) is 14.9 Å². The van der Waals surface area contributed by atoms with Gasteiger partial charge in [0.15, 0.2) is 0 Å². The Balaban J connectivity index is 1.62. The normalized spacial score (nSPS) is 16.5. The zero-order valence-electron chi connectivity index (χ0n) is 13.9. The summed E-state index contributed by atoms with van der Waals surface area (Å²) in [6.07, 6.45) is 0.767. The number of hydrogen-bond donors (Lipinski definition) is 2. The lowest BCUT2D eigenvalue weighted by Crippen LogP contribution is -2.29. The largest absolute Gasteiger partial charge is 0.465 e. The van der Waals surface area contributed by atoms with Gasteiger partial charge >= 0.3 is 6.09 Å². The summed E-state index contributed by atoms with van der Waals surface area (Å²) in [5, 5.41) is 9.32. The first-order valence-electron chi connectivity index (χ1n) is 8.37. The van der Waals surface area contributed by atoms with Gasteiger partial charge in [0.1, 0.15) is 5.82 Å². The van der Waals surface area contributed by atoms with Crippen molar-refractivity contribution >= 4 is 39.7 Å². The highest BCUT2D eigenvalue weighted by molar-refractivity contribution is 14.1. The number of amides is 1. The molecule has 1 aliphatic rings. The first-order valence-corrected chi connectivity index (χ1v) is 9.45. The second kappa shape index (κ2) is 7.00. The van der Waals surface area contributed by atoms with Crippen LogP contribution in [0.2, 0.25) is 0 Å². The Morgan fingerprint density at radius 3 is 2.69 bits per heavy atom. The molecule has 0 radical (unpaired) electrons. The summed E-state index contributed by atoms with van der Waals surface area (Å²) in [4.78, 5) is 20.7. The summed E-state index contributed by atoms with van der Waals surface area (Å²) in [5.41, 5.74) is 3.58. The van der Waals surface area contributed by atoms with Crippen LogP contribution in [0.15, 0.2) is 42.5 Å². The first kappa shape index (κ1) is 16.9. The minimum absolute atomic E-state index is 0.193. The van der Waals surface area contributed by atoms with E-state index in [1.54, 1.807) is 0 Å². The van der Waals surface area contributed by atoms with E-state index in [1.165, 1.54) is 8.47 Å². The van der Waals surface area contributed by atoms with Crippen LogP contribution < -0.4 is 0 Å². The Morgan fingerprint density at radius 1 is 1.19 bits per heavy atom. The van der Waals surface area contributed by atoms with Gasteiger partial charge in [-0.15, -0.1) is 0 Å². The molecule has 0 spiro atoms. The molecule has 1 amide bonds. The molecule has 1 fully saturated rings. The van der Waals surface area contributed by atoms with Crippen molar-refractivity contribution in [3.63, 3.8) is 0 Å². The number of halogens is 1. The lowest BCUT2D eigenvalue weighted by molar-refractivity contribution is 0.139. The second-order valence-corrected chi connectivity index (χ2v) is 7.49. The van der Waals surface area contributed by atoms with Crippen molar-refractivity contribution in [2.75, 3.05) is 6.54 Å². The van der Waals surface area contributed by atoms with E-state index in [-0.39, 0.29) is 6.04 Å². The van der Waals surface area contributed by atoms with Gasteiger partial charge in [-0.05, 0) is 77.9 Å². The fraction of sp³-hybridized carbons (Fsp3) is 0.200. The Hall–Kier alpha value is -2.53. The number of imidazole rings is 1. The van der Waals surface area contributed by atoms with Crippen LogP contribution in [0.4, 0.5) is 4.79 Å². The van der Waals surface area contributed by atoms with Crippen molar-refractivity contribution in [2.24, 2.45) is 0 Å². The Labute approximate surface area is 164 Å². The fourth-order valence-electron chi connectivity index (χ4n) is 3.22. The van der Waals surface area contributed by atoms with Gasteiger partial charge in [0.25, 0.3) is 0 Å². The predicted molar refractivity (Wildman–Crippen MR) is 108 cm³/mol. The second-order valence-electron chi connectivity index (χ2n) is 6.24. The molecule has 26 heavy (non-hydrogen) atoms. The Morgan fingerprint density at radius 2 is 1.92 bits per heavy atom. The zero-order valence-corrected chi connectivity index (χ0v) is 16.0. The molecule has 6 heteroatoms. The summed E-state index contributed by atoms with van der Waals surface area (Å²) < 4.78 is 1.18. The Kier molecular flexibility index (Phi) is 4.55. The molecule has 1 atom stereocenters. The van der Waals surface area contributed by atoms with E-state index in [0.717, 1.165) is 35.0 Å². The first-order chi connectivity index (χ1) is 12.6. The highest BCUT2D eigenvalue weighted by atomic mass is 127. The lowest BCUT2D eigenvalue weighted by atomic mass is 10.1. The molecule has 4 rings (SSSR count). The van der Waals surface area contributed by atoms with Crippen molar-refractivity contribution in [2.45, 2.75) is 18.9 Å². The minimum Gasteiger partial charge on any atom is -0.465 e. The molecule has 1 saturated heterocycles. The molecule has 1 aromatic heterocycles. The summed E-state index contributed by atoms with van der Waals surface area (Å²) in [6.45, 7) is 0.559. The standard InChI is InChI=1S/C20H16IN3O2/c21-15-8-5-13(6-9-15)3-4-14-7-10-16-17(12-14)23-19(22-16)18-2-1-11-24(18)20(25)26/h5-10,12,18H,1-2,11H2,(H,22,23)(H,25,26). The number of nitrogens with zero attached hydrogens (tertiary/aromatic N) is 2. The predicted octanol–water partition coefficient (Wildman–Crippen LogP) is 4.38. The van der Waals surface area contributed by atoms with E-state index in [9.17, 15) is 9.90 Å². The molecule has 1 unspecified atom stereocenters. The van der Waals surface area contributed by atoms with Crippen LogP contribution in [-0.4, -0.2) is 32.6 Å². The van der Waals surface area contributed by atoms with E-state index in [2.05, 4.69) is 44.4 Å². The van der Waals surface area contributed by atoms with Gasteiger partial charge in [-0.3, -0.25) is 4.90 Å². The van der Waals surface area contributed by atoms with Crippen LogP contribution in [0.5, 0.6) is 0 Å². The molecular weight excluding hydrogens is 441 g/mol. The zero-order chi connectivity index (χ0) is 18.1. The number of benzene rings is 2. The van der Waals surface area contributed by atoms with Crippen LogP contribution in [-0.2, 0) is 0 Å². The van der Waals surface area contributed by atoms with E-state index >= 15 is 0 Å². The highest BCUT2D eigenvalue weighted by Crippen LogP contribution is 2.31. The van der Waals surface area contributed by atoms with Gasteiger partial charge in [0, 0.05) is 21.2 Å². The third kappa shape index (κ3) is 3.40. The van der Waals surface area contributed by atoms with Gasteiger partial charge in [-0.1, -0.05) is 11.8 Å². The third-order valence-corrected chi connectivity index (χ3v) is 5.23. The summed E-state index contributed by atoms with van der Waals surface area (Å²) in [6, 6.07) is 13.7. The van der Waals surface area contributed by atoms with E-state index in [0.29, 0.717) is 12.4 Å². The topological polar surface area (TPSA) is 69.2 Å². The van der Waals surface area contributed by atoms with E-state index in [1.807, 2.05) is 42.5 Å². The molecule has 5 nitrogen and oxygen atoms in total. The molecule has 3 aromatic rings. The number of carbonyl (C=O) groups is 1. The molecule has 0 saturated carbocycles. The molecule has 2 N–H and O–H groups in total. The van der Waals surface area contributed by atoms with E-state index < -0.39 is 6.09 Å². The van der Waals surface area contributed by atoms with Crippen LogP contribution in [0.25, 0.3) is 11.0 Å². The van der Waals surface area contributed by atoms with Crippen LogP contribution >= 0.6 is 22.6 Å². The van der Waals surface area contributed by atoms with Gasteiger partial charge < -0.3 is 10.1 Å². The lowest BCUT2D eigenvalue weighted by Gasteiger charge is -2.19. The summed E-state index contributed by atoms with van der Waals surface area (Å²) in [5.74, 6) is 7.05. The maximum absolute atomic E-state index is 11.4. The maximum atomic E-state index is 11.4. The molecule has 1 aliphatic heterocycles. The number of aromatic nitrogens is 2. The fourth-order valence-corrected chi connectivity index (χ4v) is 3.58. The maximum Gasteiger partial charge on any atom is 0.407 e. The van der Waals surface area contributed by atoms with Crippen molar-refractivity contribution in [3.05, 3.63) is 63.0 Å². The molecule has 130 valence electrons. The minimum atomic E-state index is -0.892. The Bertz CT molecular complexity index is 1030.